The number of carbonyl (C=O) groups is 2. The summed E-state index contributed by atoms with van der Waals surface area (Å²) in [6.07, 6.45) is 0.381. The van der Waals surface area contributed by atoms with Crippen LogP contribution in [0.5, 0.6) is 0 Å². The standard InChI is InChI=1S/C15H22N2O4/c1-3-21-10-9-16-15(19)17-13(14(18)20-2)11-12-7-5-4-6-8-12/h4-8,13H,3,9-11H2,1-2H3,(H2,16,17,19)/t13-/m0/s1. The van der Waals surface area contributed by atoms with Crippen LogP contribution in [0.15, 0.2) is 30.3 Å². The Morgan fingerprint density at radius 1 is 1.24 bits per heavy atom. The van der Waals surface area contributed by atoms with Gasteiger partial charge in [-0.15, -0.1) is 0 Å². The molecule has 0 saturated carbocycles. The number of hydrogen-bond acceptors (Lipinski definition) is 4. The van der Waals surface area contributed by atoms with Crippen molar-refractivity contribution < 1.29 is 19.1 Å². The van der Waals surface area contributed by atoms with Gasteiger partial charge in [-0.3, -0.25) is 0 Å². The summed E-state index contributed by atoms with van der Waals surface area (Å²) in [6, 6.07) is 8.31. The minimum atomic E-state index is -0.718. The van der Waals surface area contributed by atoms with Crippen molar-refractivity contribution >= 4 is 12.0 Å². The molecule has 2 amide bonds. The number of carbonyl (C=O) groups excluding carboxylic acids is 2. The highest BCUT2D eigenvalue weighted by molar-refractivity contribution is 5.83. The first-order valence-corrected chi connectivity index (χ1v) is 6.91. The van der Waals surface area contributed by atoms with E-state index in [1.807, 2.05) is 37.3 Å². The molecule has 0 aliphatic rings. The lowest BCUT2D eigenvalue weighted by Gasteiger charge is -2.17. The molecule has 0 aliphatic heterocycles. The first-order valence-electron chi connectivity index (χ1n) is 6.91. The zero-order valence-corrected chi connectivity index (χ0v) is 12.4. The maximum atomic E-state index is 11.7. The largest absolute Gasteiger partial charge is 0.467 e. The van der Waals surface area contributed by atoms with Crippen molar-refractivity contribution in [1.82, 2.24) is 10.6 Å². The smallest absolute Gasteiger partial charge is 0.328 e. The Balaban J connectivity index is 2.50. The second kappa shape index (κ2) is 9.77. The van der Waals surface area contributed by atoms with Crippen LogP contribution in [0, 0.1) is 0 Å². The molecular weight excluding hydrogens is 272 g/mol. The van der Waals surface area contributed by atoms with Crippen molar-refractivity contribution in [3.63, 3.8) is 0 Å². The Bertz CT molecular complexity index is 437. The Morgan fingerprint density at radius 2 is 1.95 bits per heavy atom. The molecule has 0 radical (unpaired) electrons. The minimum Gasteiger partial charge on any atom is -0.467 e. The van der Waals surface area contributed by atoms with Crippen LogP contribution in [0.3, 0.4) is 0 Å². The first-order chi connectivity index (χ1) is 10.2. The molecule has 0 spiro atoms. The van der Waals surface area contributed by atoms with Crippen molar-refractivity contribution in [3.8, 4) is 0 Å². The summed E-state index contributed by atoms with van der Waals surface area (Å²) in [5.74, 6) is -0.473. The zero-order chi connectivity index (χ0) is 15.5. The van der Waals surface area contributed by atoms with Crippen LogP contribution in [0.1, 0.15) is 12.5 Å². The minimum absolute atomic E-state index is 0.381. The fourth-order valence-corrected chi connectivity index (χ4v) is 1.78. The van der Waals surface area contributed by atoms with Crippen LogP contribution in [-0.4, -0.2) is 44.9 Å². The van der Waals surface area contributed by atoms with Gasteiger partial charge in [0.05, 0.1) is 13.7 Å². The predicted octanol–water partition coefficient (Wildman–Crippen LogP) is 1.11. The van der Waals surface area contributed by atoms with Gasteiger partial charge in [-0.2, -0.15) is 0 Å². The van der Waals surface area contributed by atoms with Crippen molar-refractivity contribution in [2.45, 2.75) is 19.4 Å². The fourth-order valence-electron chi connectivity index (χ4n) is 1.78. The van der Waals surface area contributed by atoms with Crippen molar-refractivity contribution in [2.24, 2.45) is 0 Å². The van der Waals surface area contributed by atoms with Gasteiger partial charge < -0.3 is 20.1 Å². The number of hydrogen-bond donors (Lipinski definition) is 2. The number of urea groups is 1. The van der Waals surface area contributed by atoms with Crippen LogP contribution < -0.4 is 10.6 Å². The number of esters is 1. The SMILES string of the molecule is CCOCCNC(=O)N[C@@H](Cc1ccccc1)C(=O)OC. The molecule has 1 atom stereocenters. The van der Waals surface area contributed by atoms with E-state index >= 15 is 0 Å². The summed E-state index contributed by atoms with van der Waals surface area (Å²) in [5.41, 5.74) is 0.947. The van der Waals surface area contributed by atoms with Crippen LogP contribution in [0.4, 0.5) is 4.79 Å². The third-order valence-corrected chi connectivity index (χ3v) is 2.81. The molecular formula is C15H22N2O4. The van der Waals surface area contributed by atoms with E-state index in [9.17, 15) is 9.59 Å². The van der Waals surface area contributed by atoms with Gasteiger partial charge in [0.1, 0.15) is 6.04 Å². The van der Waals surface area contributed by atoms with Crippen LogP contribution in [0.25, 0.3) is 0 Å². The Hall–Kier alpha value is -2.08. The molecule has 0 fully saturated rings. The average Bonchev–Trinajstić information content (AvgIpc) is 2.51. The highest BCUT2D eigenvalue weighted by atomic mass is 16.5. The lowest BCUT2D eigenvalue weighted by Crippen LogP contribution is -2.48. The van der Waals surface area contributed by atoms with Gasteiger partial charge in [-0.05, 0) is 12.5 Å². The van der Waals surface area contributed by atoms with E-state index < -0.39 is 18.0 Å². The van der Waals surface area contributed by atoms with E-state index in [4.69, 9.17) is 9.47 Å². The van der Waals surface area contributed by atoms with E-state index in [-0.39, 0.29) is 0 Å². The Morgan fingerprint density at radius 3 is 2.57 bits per heavy atom. The van der Waals surface area contributed by atoms with E-state index in [1.54, 1.807) is 0 Å². The van der Waals surface area contributed by atoms with Gasteiger partial charge in [-0.25, -0.2) is 9.59 Å². The second-order valence-electron chi connectivity index (χ2n) is 4.36. The number of amides is 2. The summed E-state index contributed by atoms with van der Waals surface area (Å²) in [6.45, 7) is 3.31. The first kappa shape index (κ1) is 17.0. The predicted molar refractivity (Wildman–Crippen MR) is 79.0 cm³/mol. The number of benzene rings is 1. The van der Waals surface area contributed by atoms with E-state index in [0.29, 0.717) is 26.2 Å². The lowest BCUT2D eigenvalue weighted by atomic mass is 10.1. The molecule has 0 aromatic heterocycles. The fraction of sp³-hybridized carbons (Fsp3) is 0.467. The van der Waals surface area contributed by atoms with Gasteiger partial charge in [0.15, 0.2) is 0 Å². The molecule has 6 heteroatoms. The maximum absolute atomic E-state index is 11.7. The lowest BCUT2D eigenvalue weighted by molar-refractivity contribution is -0.142. The topological polar surface area (TPSA) is 76.7 Å². The quantitative estimate of drug-likeness (QED) is 0.556. The van der Waals surface area contributed by atoms with Gasteiger partial charge in [0, 0.05) is 19.6 Å². The van der Waals surface area contributed by atoms with E-state index in [0.717, 1.165) is 5.56 Å². The van der Waals surface area contributed by atoms with E-state index in [2.05, 4.69) is 10.6 Å². The van der Waals surface area contributed by atoms with Crippen LogP contribution in [-0.2, 0) is 20.7 Å². The van der Waals surface area contributed by atoms with Gasteiger partial charge in [-0.1, -0.05) is 30.3 Å². The van der Waals surface area contributed by atoms with Crippen LogP contribution >= 0.6 is 0 Å². The number of nitrogens with one attached hydrogen (secondary N) is 2. The number of ether oxygens (including phenoxy) is 2. The van der Waals surface area contributed by atoms with Crippen molar-refractivity contribution in [3.05, 3.63) is 35.9 Å². The average molecular weight is 294 g/mol. The van der Waals surface area contributed by atoms with Gasteiger partial charge in [0.25, 0.3) is 0 Å². The number of methoxy groups -OCH3 is 1. The summed E-state index contributed by atoms with van der Waals surface area (Å²) in [7, 11) is 1.30. The summed E-state index contributed by atoms with van der Waals surface area (Å²) in [5, 5.41) is 5.24. The summed E-state index contributed by atoms with van der Waals surface area (Å²) >= 11 is 0. The molecule has 0 heterocycles. The Labute approximate surface area is 124 Å². The molecule has 116 valence electrons. The third kappa shape index (κ3) is 6.76. The molecule has 6 nitrogen and oxygen atoms in total. The van der Waals surface area contributed by atoms with Gasteiger partial charge >= 0.3 is 12.0 Å². The molecule has 0 aliphatic carbocycles. The zero-order valence-electron chi connectivity index (χ0n) is 12.4. The molecule has 1 rings (SSSR count). The maximum Gasteiger partial charge on any atom is 0.328 e. The molecule has 1 aromatic carbocycles. The monoisotopic (exact) mass is 294 g/mol. The second-order valence-corrected chi connectivity index (χ2v) is 4.36. The molecule has 0 unspecified atom stereocenters. The number of rotatable bonds is 8. The van der Waals surface area contributed by atoms with Crippen molar-refractivity contribution in [2.75, 3.05) is 26.9 Å². The van der Waals surface area contributed by atoms with Gasteiger partial charge in [0.2, 0.25) is 0 Å². The molecule has 0 bridgehead atoms. The summed E-state index contributed by atoms with van der Waals surface area (Å²) in [4.78, 5) is 23.5. The normalized spacial score (nSPS) is 11.5. The molecule has 21 heavy (non-hydrogen) atoms. The Kier molecular flexibility index (Phi) is 7.89. The van der Waals surface area contributed by atoms with E-state index in [1.165, 1.54) is 7.11 Å². The third-order valence-electron chi connectivity index (χ3n) is 2.81. The highest BCUT2D eigenvalue weighted by Gasteiger charge is 2.21. The highest BCUT2D eigenvalue weighted by Crippen LogP contribution is 2.04. The molecule has 2 N–H and O–H groups in total. The summed E-state index contributed by atoms with van der Waals surface area (Å²) < 4.78 is 9.84. The molecule has 0 saturated heterocycles. The van der Waals surface area contributed by atoms with Crippen LogP contribution in [0.2, 0.25) is 0 Å². The molecule has 1 aromatic rings. The van der Waals surface area contributed by atoms with Crippen molar-refractivity contribution in [1.29, 1.82) is 0 Å².